The van der Waals surface area contributed by atoms with E-state index >= 15 is 0 Å². The zero-order valence-corrected chi connectivity index (χ0v) is 14.9. The van der Waals surface area contributed by atoms with Crippen LogP contribution in [0.4, 0.5) is 0 Å². The second kappa shape index (κ2) is 7.15. The van der Waals surface area contributed by atoms with Gasteiger partial charge in [-0.1, -0.05) is 34.8 Å². The molecule has 130 valence electrons. The third-order valence-corrected chi connectivity index (χ3v) is 4.88. The maximum Gasteiger partial charge on any atom is 0.252 e. The molecule has 26 heavy (non-hydrogen) atoms. The van der Waals surface area contributed by atoms with Crippen LogP contribution in [0.1, 0.15) is 10.4 Å². The molecule has 2 aromatic heterocycles. The van der Waals surface area contributed by atoms with Gasteiger partial charge in [0.2, 0.25) is 0 Å². The summed E-state index contributed by atoms with van der Waals surface area (Å²) in [5.41, 5.74) is 3.85. The normalized spacial score (nSPS) is 11.1. The topological polar surface area (TPSA) is 77.0 Å². The fraction of sp³-hybridized carbons (Fsp3) is 0.158. The van der Waals surface area contributed by atoms with Crippen molar-refractivity contribution in [2.75, 3.05) is 20.3 Å². The lowest BCUT2D eigenvalue weighted by Gasteiger charge is -2.10. The monoisotopic (exact) mass is 364 g/mol. The Bertz CT molecular complexity index is 1090. The number of nitrogens with one attached hydrogen (secondary N) is 1. The van der Waals surface area contributed by atoms with E-state index in [0.29, 0.717) is 18.7 Å². The molecule has 1 amide bonds. The van der Waals surface area contributed by atoms with E-state index in [-0.39, 0.29) is 5.91 Å². The molecule has 4 rings (SSSR count). The molecule has 4 aromatic rings. The van der Waals surface area contributed by atoms with Gasteiger partial charge in [0.1, 0.15) is 5.52 Å². The zero-order valence-electron chi connectivity index (χ0n) is 14.1. The summed E-state index contributed by atoms with van der Waals surface area (Å²) in [6, 6.07) is 15.3. The van der Waals surface area contributed by atoms with Gasteiger partial charge in [-0.05, 0) is 29.7 Å². The first-order valence-corrected chi connectivity index (χ1v) is 8.93. The number of carbonyl (C=O) groups excluding carboxylic acids is 1. The summed E-state index contributed by atoms with van der Waals surface area (Å²) in [7, 11) is 1.61. The third kappa shape index (κ3) is 3.02. The second-order valence-electron chi connectivity index (χ2n) is 5.75. The number of para-hydroxylation sites is 1. The van der Waals surface area contributed by atoms with Crippen LogP contribution in [-0.4, -0.2) is 40.7 Å². The SMILES string of the molecule is COCCNC(=O)c1cc(-c2cccc3nnsc23)nc2ccccc12. The molecule has 0 spiro atoms. The van der Waals surface area contributed by atoms with Crippen molar-refractivity contribution in [3.05, 3.63) is 54.1 Å². The van der Waals surface area contributed by atoms with Crippen LogP contribution in [0.5, 0.6) is 0 Å². The number of pyridine rings is 1. The predicted octanol–water partition coefficient (Wildman–Crippen LogP) is 3.28. The minimum atomic E-state index is -0.142. The summed E-state index contributed by atoms with van der Waals surface area (Å²) in [6.07, 6.45) is 0. The Morgan fingerprint density at radius 3 is 2.88 bits per heavy atom. The van der Waals surface area contributed by atoms with Gasteiger partial charge in [0.15, 0.2) is 0 Å². The van der Waals surface area contributed by atoms with Crippen LogP contribution >= 0.6 is 11.5 Å². The molecule has 0 aliphatic rings. The predicted molar refractivity (Wildman–Crippen MR) is 102 cm³/mol. The van der Waals surface area contributed by atoms with Crippen molar-refractivity contribution >= 4 is 38.6 Å². The lowest BCUT2D eigenvalue weighted by Crippen LogP contribution is -2.27. The van der Waals surface area contributed by atoms with Crippen LogP contribution in [-0.2, 0) is 4.74 Å². The largest absolute Gasteiger partial charge is 0.383 e. The van der Waals surface area contributed by atoms with Crippen molar-refractivity contribution < 1.29 is 9.53 Å². The van der Waals surface area contributed by atoms with Crippen molar-refractivity contribution in [1.82, 2.24) is 19.9 Å². The second-order valence-corrected chi connectivity index (χ2v) is 6.50. The van der Waals surface area contributed by atoms with Gasteiger partial charge < -0.3 is 10.1 Å². The Morgan fingerprint density at radius 2 is 2.00 bits per heavy atom. The standard InChI is InChI=1S/C19H16N4O2S/c1-25-10-9-20-19(24)14-11-17(21-15-7-3-2-5-12(14)15)13-6-4-8-16-18(13)26-23-22-16/h2-8,11H,9-10H2,1H3,(H,20,24). The summed E-state index contributed by atoms with van der Waals surface area (Å²) in [5, 5.41) is 7.83. The number of hydrogen-bond acceptors (Lipinski definition) is 6. The molecule has 0 atom stereocenters. The number of rotatable bonds is 5. The summed E-state index contributed by atoms with van der Waals surface area (Å²) < 4.78 is 10.00. The van der Waals surface area contributed by atoms with Crippen molar-refractivity contribution in [1.29, 1.82) is 0 Å². The first-order chi connectivity index (χ1) is 12.8. The molecule has 1 N–H and O–H groups in total. The highest BCUT2D eigenvalue weighted by atomic mass is 32.1. The van der Waals surface area contributed by atoms with Gasteiger partial charge in [-0.2, -0.15) is 0 Å². The molecule has 7 heteroatoms. The third-order valence-electron chi connectivity index (χ3n) is 4.10. The highest BCUT2D eigenvalue weighted by molar-refractivity contribution is 7.13. The Morgan fingerprint density at radius 1 is 1.15 bits per heavy atom. The van der Waals surface area contributed by atoms with E-state index in [0.717, 1.165) is 32.4 Å². The van der Waals surface area contributed by atoms with E-state index in [1.165, 1.54) is 11.5 Å². The summed E-state index contributed by atoms with van der Waals surface area (Å²) in [4.78, 5) is 17.5. The molecule has 6 nitrogen and oxygen atoms in total. The minimum absolute atomic E-state index is 0.142. The molecule has 0 radical (unpaired) electrons. The van der Waals surface area contributed by atoms with Gasteiger partial charge in [0.25, 0.3) is 5.91 Å². The number of carbonyl (C=O) groups is 1. The van der Waals surface area contributed by atoms with Gasteiger partial charge in [0, 0.05) is 24.6 Å². The number of nitrogens with zero attached hydrogens (tertiary/aromatic N) is 3. The molecular weight excluding hydrogens is 348 g/mol. The van der Waals surface area contributed by atoms with Crippen molar-refractivity contribution in [3.8, 4) is 11.3 Å². The lowest BCUT2D eigenvalue weighted by atomic mass is 10.0. The first kappa shape index (κ1) is 16.6. The molecule has 2 heterocycles. The number of ether oxygens (including phenoxy) is 1. The van der Waals surface area contributed by atoms with Crippen LogP contribution in [0.2, 0.25) is 0 Å². The zero-order chi connectivity index (χ0) is 17.9. The maximum atomic E-state index is 12.7. The number of aromatic nitrogens is 3. The Balaban J connectivity index is 1.86. The smallest absolute Gasteiger partial charge is 0.252 e. The summed E-state index contributed by atoms with van der Waals surface area (Å²) in [5.74, 6) is -0.142. The molecular formula is C19H16N4O2S. The number of hydrogen-bond donors (Lipinski definition) is 1. The number of methoxy groups -OCH3 is 1. The summed E-state index contributed by atoms with van der Waals surface area (Å²) >= 11 is 1.33. The Kier molecular flexibility index (Phi) is 4.55. The van der Waals surface area contributed by atoms with E-state index in [4.69, 9.17) is 9.72 Å². The lowest BCUT2D eigenvalue weighted by molar-refractivity contribution is 0.0938. The van der Waals surface area contributed by atoms with E-state index in [9.17, 15) is 4.79 Å². The van der Waals surface area contributed by atoms with Crippen LogP contribution in [0, 0.1) is 0 Å². The Labute approximate surface area is 154 Å². The highest BCUT2D eigenvalue weighted by Gasteiger charge is 2.15. The molecule has 0 aliphatic heterocycles. The number of amides is 1. The van der Waals surface area contributed by atoms with Crippen molar-refractivity contribution in [3.63, 3.8) is 0 Å². The fourth-order valence-electron chi connectivity index (χ4n) is 2.87. The van der Waals surface area contributed by atoms with Crippen LogP contribution in [0.3, 0.4) is 0 Å². The molecule has 0 aliphatic carbocycles. The average molecular weight is 364 g/mol. The fourth-order valence-corrected chi connectivity index (χ4v) is 3.55. The maximum absolute atomic E-state index is 12.7. The number of fused-ring (bicyclic) bond motifs is 2. The van der Waals surface area contributed by atoms with E-state index < -0.39 is 0 Å². The van der Waals surface area contributed by atoms with Crippen molar-refractivity contribution in [2.24, 2.45) is 0 Å². The van der Waals surface area contributed by atoms with Gasteiger partial charge in [-0.3, -0.25) is 4.79 Å². The first-order valence-electron chi connectivity index (χ1n) is 8.16. The summed E-state index contributed by atoms with van der Waals surface area (Å²) in [6.45, 7) is 0.920. The minimum Gasteiger partial charge on any atom is -0.383 e. The van der Waals surface area contributed by atoms with Gasteiger partial charge in [0.05, 0.1) is 28.1 Å². The van der Waals surface area contributed by atoms with Crippen LogP contribution in [0.15, 0.2) is 48.5 Å². The van der Waals surface area contributed by atoms with Gasteiger partial charge in [-0.25, -0.2) is 4.98 Å². The van der Waals surface area contributed by atoms with E-state index in [2.05, 4.69) is 14.9 Å². The Hall–Kier alpha value is -2.90. The van der Waals surface area contributed by atoms with Crippen LogP contribution in [0.25, 0.3) is 32.4 Å². The molecule has 0 unspecified atom stereocenters. The van der Waals surface area contributed by atoms with Crippen LogP contribution < -0.4 is 5.32 Å². The molecule has 0 fully saturated rings. The molecule has 0 bridgehead atoms. The molecule has 0 saturated carbocycles. The molecule has 0 saturated heterocycles. The highest BCUT2D eigenvalue weighted by Crippen LogP contribution is 2.31. The van der Waals surface area contributed by atoms with E-state index in [1.54, 1.807) is 7.11 Å². The number of benzene rings is 2. The van der Waals surface area contributed by atoms with E-state index in [1.807, 2.05) is 48.5 Å². The van der Waals surface area contributed by atoms with Gasteiger partial charge in [-0.15, -0.1) is 5.10 Å². The van der Waals surface area contributed by atoms with Crippen molar-refractivity contribution in [2.45, 2.75) is 0 Å². The average Bonchev–Trinajstić information content (AvgIpc) is 3.16. The molecule has 2 aromatic carbocycles. The van der Waals surface area contributed by atoms with Gasteiger partial charge >= 0.3 is 0 Å². The quantitative estimate of drug-likeness (QED) is 0.550.